The Kier molecular flexibility index (Phi) is 3.83. The molecule has 0 saturated carbocycles. The van der Waals surface area contributed by atoms with E-state index in [1.807, 2.05) is 18.2 Å². The molecule has 0 radical (unpaired) electrons. The van der Waals surface area contributed by atoms with Gasteiger partial charge in [-0.1, -0.05) is 18.1 Å². The zero-order chi connectivity index (χ0) is 15.6. The molecule has 6 nitrogen and oxygen atoms in total. The van der Waals surface area contributed by atoms with Crippen molar-refractivity contribution in [3.05, 3.63) is 29.9 Å². The van der Waals surface area contributed by atoms with E-state index < -0.39 is 0 Å². The average Bonchev–Trinajstić information content (AvgIpc) is 3.21. The maximum Gasteiger partial charge on any atom is 0.227 e. The maximum atomic E-state index is 5.48. The topological polar surface area (TPSA) is 79.6 Å². The predicted molar refractivity (Wildman–Crippen MR) is 88.1 cm³/mol. The standard InChI is InChI=1S/C17H21N5O/c1-2-14-19-13-5-3-4-12(16(13)20-14)17-21-15(23-22-17)10-11-6-8-18-9-7-11/h3-5,11,18H,2,6-10H2,1H3,(H,19,20). The van der Waals surface area contributed by atoms with Gasteiger partial charge in [-0.15, -0.1) is 0 Å². The Morgan fingerprint density at radius 3 is 2.91 bits per heavy atom. The SMILES string of the molecule is CCc1nc2c(-c3noc(CC4CCNCC4)n3)cccc2[nH]1. The average molecular weight is 311 g/mol. The van der Waals surface area contributed by atoms with Crippen molar-refractivity contribution in [2.24, 2.45) is 5.92 Å². The van der Waals surface area contributed by atoms with Gasteiger partial charge >= 0.3 is 0 Å². The summed E-state index contributed by atoms with van der Waals surface area (Å²) in [6.07, 6.45) is 4.09. The van der Waals surface area contributed by atoms with Crippen LogP contribution in [0, 0.1) is 5.92 Å². The molecular weight excluding hydrogens is 290 g/mol. The Balaban J connectivity index is 1.62. The molecule has 1 aliphatic rings. The van der Waals surface area contributed by atoms with E-state index in [-0.39, 0.29) is 0 Å². The van der Waals surface area contributed by atoms with Gasteiger partial charge < -0.3 is 14.8 Å². The van der Waals surface area contributed by atoms with Gasteiger partial charge in [-0.3, -0.25) is 0 Å². The van der Waals surface area contributed by atoms with Crippen molar-refractivity contribution in [1.82, 2.24) is 25.4 Å². The van der Waals surface area contributed by atoms with Crippen LogP contribution in [0.15, 0.2) is 22.7 Å². The number of aromatic nitrogens is 4. The molecule has 6 heteroatoms. The van der Waals surface area contributed by atoms with Crippen LogP contribution in [0.5, 0.6) is 0 Å². The van der Waals surface area contributed by atoms with Crippen LogP contribution in [0.1, 0.15) is 31.5 Å². The first-order valence-corrected chi connectivity index (χ1v) is 8.34. The highest BCUT2D eigenvalue weighted by molar-refractivity contribution is 5.89. The van der Waals surface area contributed by atoms with E-state index in [1.54, 1.807) is 0 Å². The third-order valence-corrected chi connectivity index (χ3v) is 4.53. The highest BCUT2D eigenvalue weighted by Gasteiger charge is 2.19. The number of H-pyrrole nitrogens is 1. The van der Waals surface area contributed by atoms with Crippen LogP contribution in [0.3, 0.4) is 0 Å². The highest BCUT2D eigenvalue weighted by atomic mass is 16.5. The summed E-state index contributed by atoms with van der Waals surface area (Å²) in [6, 6.07) is 6.03. The number of nitrogens with zero attached hydrogens (tertiary/aromatic N) is 3. The fraction of sp³-hybridized carbons (Fsp3) is 0.471. The van der Waals surface area contributed by atoms with E-state index in [0.717, 1.165) is 54.2 Å². The van der Waals surface area contributed by atoms with Crippen molar-refractivity contribution in [2.75, 3.05) is 13.1 Å². The number of imidazole rings is 1. The molecule has 1 fully saturated rings. The van der Waals surface area contributed by atoms with Gasteiger partial charge in [0.1, 0.15) is 5.82 Å². The lowest BCUT2D eigenvalue weighted by Gasteiger charge is -2.20. The van der Waals surface area contributed by atoms with Gasteiger partial charge in [0.2, 0.25) is 11.7 Å². The van der Waals surface area contributed by atoms with Crippen LogP contribution in [-0.4, -0.2) is 33.2 Å². The highest BCUT2D eigenvalue weighted by Crippen LogP contribution is 2.26. The zero-order valence-electron chi connectivity index (χ0n) is 13.3. The van der Waals surface area contributed by atoms with E-state index in [9.17, 15) is 0 Å². The van der Waals surface area contributed by atoms with E-state index >= 15 is 0 Å². The third-order valence-electron chi connectivity index (χ3n) is 4.53. The lowest BCUT2D eigenvalue weighted by molar-refractivity contribution is 0.313. The molecular formula is C17H21N5O. The molecule has 2 N–H and O–H groups in total. The molecule has 0 amide bonds. The van der Waals surface area contributed by atoms with E-state index in [4.69, 9.17) is 4.52 Å². The number of benzene rings is 1. The van der Waals surface area contributed by atoms with Crippen LogP contribution < -0.4 is 5.32 Å². The van der Waals surface area contributed by atoms with Gasteiger partial charge in [-0.25, -0.2) is 4.98 Å². The van der Waals surface area contributed by atoms with Crippen molar-refractivity contribution in [3.8, 4) is 11.4 Å². The maximum absolute atomic E-state index is 5.48. The minimum Gasteiger partial charge on any atom is -0.342 e. The molecule has 120 valence electrons. The lowest BCUT2D eigenvalue weighted by atomic mass is 9.95. The first-order valence-electron chi connectivity index (χ1n) is 8.34. The molecule has 23 heavy (non-hydrogen) atoms. The smallest absolute Gasteiger partial charge is 0.227 e. The monoisotopic (exact) mass is 311 g/mol. The van der Waals surface area contributed by atoms with Gasteiger partial charge in [-0.2, -0.15) is 4.98 Å². The lowest BCUT2D eigenvalue weighted by Crippen LogP contribution is -2.28. The van der Waals surface area contributed by atoms with Crippen LogP contribution in [0.25, 0.3) is 22.4 Å². The number of hydrogen-bond donors (Lipinski definition) is 2. The molecule has 0 aliphatic carbocycles. The summed E-state index contributed by atoms with van der Waals surface area (Å²) in [5.74, 6) is 2.98. The van der Waals surface area contributed by atoms with E-state index in [2.05, 4.69) is 32.3 Å². The molecule has 1 aliphatic heterocycles. The molecule has 1 saturated heterocycles. The summed E-state index contributed by atoms with van der Waals surface area (Å²) in [6.45, 7) is 4.25. The molecule has 1 aromatic carbocycles. The molecule has 0 unspecified atom stereocenters. The minimum atomic E-state index is 0.633. The Morgan fingerprint density at radius 1 is 1.22 bits per heavy atom. The second-order valence-electron chi connectivity index (χ2n) is 6.15. The number of nitrogens with one attached hydrogen (secondary N) is 2. The minimum absolute atomic E-state index is 0.633. The second-order valence-corrected chi connectivity index (χ2v) is 6.15. The summed E-state index contributed by atoms with van der Waals surface area (Å²) in [4.78, 5) is 12.6. The van der Waals surface area contributed by atoms with Crippen LogP contribution >= 0.6 is 0 Å². The quantitative estimate of drug-likeness (QED) is 0.774. The molecule has 2 aromatic heterocycles. The zero-order valence-corrected chi connectivity index (χ0v) is 13.3. The van der Waals surface area contributed by atoms with E-state index in [1.165, 1.54) is 12.8 Å². The molecule has 0 spiro atoms. The summed E-state index contributed by atoms with van der Waals surface area (Å²) in [5, 5.41) is 7.56. The Bertz CT molecular complexity index is 800. The summed E-state index contributed by atoms with van der Waals surface area (Å²) in [5.41, 5.74) is 2.86. The van der Waals surface area contributed by atoms with Crippen molar-refractivity contribution < 1.29 is 4.52 Å². The van der Waals surface area contributed by atoms with Gasteiger partial charge in [-0.05, 0) is 44.0 Å². The van der Waals surface area contributed by atoms with E-state index in [0.29, 0.717) is 11.7 Å². The van der Waals surface area contributed by atoms with Crippen molar-refractivity contribution in [3.63, 3.8) is 0 Å². The fourth-order valence-corrected chi connectivity index (χ4v) is 3.21. The number of aryl methyl sites for hydroxylation is 1. The molecule has 0 bridgehead atoms. The van der Waals surface area contributed by atoms with Crippen molar-refractivity contribution in [1.29, 1.82) is 0 Å². The number of hydrogen-bond acceptors (Lipinski definition) is 5. The van der Waals surface area contributed by atoms with Crippen LogP contribution in [0.2, 0.25) is 0 Å². The third kappa shape index (κ3) is 2.86. The molecule has 0 atom stereocenters. The van der Waals surface area contributed by atoms with Crippen LogP contribution in [0.4, 0.5) is 0 Å². The predicted octanol–water partition coefficient (Wildman–Crippen LogP) is 2.72. The molecule has 3 heterocycles. The Hall–Kier alpha value is -2.21. The summed E-state index contributed by atoms with van der Waals surface area (Å²) < 4.78 is 5.48. The molecule has 4 rings (SSSR count). The van der Waals surface area contributed by atoms with Crippen molar-refractivity contribution >= 4 is 11.0 Å². The number of para-hydroxylation sites is 1. The van der Waals surface area contributed by atoms with Gasteiger partial charge in [0, 0.05) is 12.8 Å². The number of rotatable bonds is 4. The summed E-state index contributed by atoms with van der Waals surface area (Å²) >= 11 is 0. The number of aromatic amines is 1. The van der Waals surface area contributed by atoms with Gasteiger partial charge in [0.15, 0.2) is 0 Å². The second kappa shape index (κ2) is 6.12. The first kappa shape index (κ1) is 14.4. The van der Waals surface area contributed by atoms with Crippen LogP contribution in [-0.2, 0) is 12.8 Å². The van der Waals surface area contributed by atoms with Crippen molar-refractivity contribution in [2.45, 2.75) is 32.6 Å². The molecule has 3 aromatic rings. The largest absolute Gasteiger partial charge is 0.342 e. The summed E-state index contributed by atoms with van der Waals surface area (Å²) in [7, 11) is 0. The first-order chi connectivity index (χ1) is 11.3. The number of piperidine rings is 1. The van der Waals surface area contributed by atoms with Gasteiger partial charge in [0.25, 0.3) is 0 Å². The fourth-order valence-electron chi connectivity index (χ4n) is 3.21. The number of fused-ring (bicyclic) bond motifs is 1. The van der Waals surface area contributed by atoms with Gasteiger partial charge in [0.05, 0.1) is 16.6 Å². The Morgan fingerprint density at radius 2 is 2.09 bits per heavy atom. The Labute approximate surface area is 134 Å². The normalized spacial score (nSPS) is 16.2.